The molecule has 2 heterocycles. The number of nitrogens with one attached hydrogen (secondary N) is 1. The molecule has 0 aromatic heterocycles. The predicted octanol–water partition coefficient (Wildman–Crippen LogP) is 4.77. The smallest absolute Gasteiger partial charge is 0.264 e. The van der Waals surface area contributed by atoms with Gasteiger partial charge in [-0.25, -0.2) is 0 Å². The molecule has 2 aromatic rings. The summed E-state index contributed by atoms with van der Waals surface area (Å²) in [5, 5.41) is 2.69. The number of carbonyl (C=O) groups is 1. The van der Waals surface area contributed by atoms with E-state index in [1.165, 1.54) is 11.8 Å². The van der Waals surface area contributed by atoms with Gasteiger partial charge in [-0.05, 0) is 42.8 Å². The molecule has 27 heavy (non-hydrogen) atoms. The Kier molecular flexibility index (Phi) is 5.01. The minimum absolute atomic E-state index is 0.171. The van der Waals surface area contributed by atoms with Crippen LogP contribution in [0.4, 0.5) is 0 Å². The molecule has 4 nitrogen and oxygen atoms in total. The van der Waals surface area contributed by atoms with Crippen LogP contribution >= 0.6 is 24.0 Å². The van der Waals surface area contributed by atoms with Crippen LogP contribution in [0.15, 0.2) is 59.5 Å². The van der Waals surface area contributed by atoms with Gasteiger partial charge in [-0.1, -0.05) is 49.1 Å². The molecule has 0 radical (unpaired) electrons. The van der Waals surface area contributed by atoms with Crippen LogP contribution in [0.2, 0.25) is 0 Å². The van der Waals surface area contributed by atoms with Crippen molar-refractivity contribution in [2.45, 2.75) is 13.3 Å². The van der Waals surface area contributed by atoms with E-state index in [1.54, 1.807) is 0 Å². The lowest BCUT2D eigenvalue weighted by Gasteiger charge is -2.21. The molecule has 2 aliphatic rings. The summed E-state index contributed by atoms with van der Waals surface area (Å²) in [7, 11) is 0. The van der Waals surface area contributed by atoms with E-state index in [1.807, 2.05) is 54.6 Å². The molecule has 6 heteroatoms. The van der Waals surface area contributed by atoms with Crippen LogP contribution in [-0.2, 0) is 4.79 Å². The Labute approximate surface area is 167 Å². The van der Waals surface area contributed by atoms with Gasteiger partial charge in [0.25, 0.3) is 5.91 Å². The SMILES string of the molecule is CCCOc1ccc(C2=CC(=C3SC(=S)NC3=O)c3ccccc3O2)cc1. The second kappa shape index (κ2) is 7.58. The Morgan fingerprint density at radius 2 is 1.93 bits per heavy atom. The number of rotatable bonds is 4. The molecule has 4 rings (SSSR count). The Morgan fingerprint density at radius 1 is 1.15 bits per heavy atom. The number of allylic oxidation sites excluding steroid dienone is 2. The summed E-state index contributed by atoms with van der Waals surface area (Å²) >= 11 is 6.43. The molecule has 1 amide bonds. The van der Waals surface area contributed by atoms with Gasteiger partial charge in [0.1, 0.15) is 21.6 Å². The molecule has 0 atom stereocenters. The average molecular weight is 396 g/mol. The van der Waals surface area contributed by atoms with Gasteiger partial charge in [0.15, 0.2) is 0 Å². The maximum absolute atomic E-state index is 12.3. The average Bonchev–Trinajstić information content (AvgIpc) is 3.03. The van der Waals surface area contributed by atoms with Gasteiger partial charge in [-0.2, -0.15) is 0 Å². The molecule has 0 bridgehead atoms. The summed E-state index contributed by atoms with van der Waals surface area (Å²) in [6.45, 7) is 2.76. The predicted molar refractivity (Wildman–Crippen MR) is 113 cm³/mol. The lowest BCUT2D eigenvalue weighted by Crippen LogP contribution is -2.18. The summed E-state index contributed by atoms with van der Waals surface area (Å²) in [5.41, 5.74) is 2.62. The normalized spacial score (nSPS) is 18.5. The van der Waals surface area contributed by atoms with Gasteiger partial charge in [0.2, 0.25) is 0 Å². The maximum Gasteiger partial charge on any atom is 0.264 e. The van der Waals surface area contributed by atoms with Crippen molar-refractivity contribution in [1.29, 1.82) is 0 Å². The van der Waals surface area contributed by atoms with Crippen LogP contribution in [0.5, 0.6) is 11.5 Å². The number of hydrogen-bond donors (Lipinski definition) is 1. The number of ether oxygens (including phenoxy) is 2. The number of amides is 1. The van der Waals surface area contributed by atoms with Crippen molar-refractivity contribution in [3.8, 4) is 11.5 Å². The van der Waals surface area contributed by atoms with Crippen molar-refractivity contribution in [3.05, 3.63) is 70.6 Å². The van der Waals surface area contributed by atoms with Crippen molar-refractivity contribution in [1.82, 2.24) is 5.32 Å². The van der Waals surface area contributed by atoms with Crippen LogP contribution in [0, 0.1) is 0 Å². The summed E-state index contributed by atoms with van der Waals surface area (Å²) in [5.74, 6) is 2.06. The number of benzene rings is 2. The van der Waals surface area contributed by atoms with E-state index in [0.717, 1.165) is 34.6 Å². The minimum atomic E-state index is -0.171. The zero-order chi connectivity index (χ0) is 18.8. The number of para-hydroxylation sites is 1. The summed E-state index contributed by atoms with van der Waals surface area (Å²) in [6.07, 6.45) is 2.87. The zero-order valence-electron chi connectivity index (χ0n) is 14.7. The van der Waals surface area contributed by atoms with E-state index < -0.39 is 0 Å². The molecular weight excluding hydrogens is 378 g/mol. The largest absolute Gasteiger partial charge is 0.494 e. The highest BCUT2D eigenvalue weighted by molar-refractivity contribution is 8.26. The maximum atomic E-state index is 12.3. The second-order valence-corrected chi connectivity index (χ2v) is 7.75. The molecular formula is C21H17NO3S2. The van der Waals surface area contributed by atoms with Crippen LogP contribution in [0.3, 0.4) is 0 Å². The van der Waals surface area contributed by atoms with Gasteiger partial charge in [-0.15, -0.1) is 0 Å². The minimum Gasteiger partial charge on any atom is -0.494 e. The molecule has 1 N–H and O–H groups in total. The fourth-order valence-corrected chi connectivity index (χ4v) is 3.99. The van der Waals surface area contributed by atoms with Crippen molar-refractivity contribution in [3.63, 3.8) is 0 Å². The van der Waals surface area contributed by atoms with Crippen LogP contribution in [-0.4, -0.2) is 16.8 Å². The first-order chi connectivity index (χ1) is 13.2. The van der Waals surface area contributed by atoms with Gasteiger partial charge < -0.3 is 14.8 Å². The Bertz CT molecular complexity index is 977. The fraction of sp³-hybridized carbons (Fsp3) is 0.143. The van der Waals surface area contributed by atoms with Gasteiger partial charge >= 0.3 is 0 Å². The molecule has 1 saturated heterocycles. The molecule has 2 aromatic carbocycles. The zero-order valence-corrected chi connectivity index (χ0v) is 16.3. The highest BCUT2D eigenvalue weighted by Gasteiger charge is 2.29. The van der Waals surface area contributed by atoms with Crippen LogP contribution in [0.1, 0.15) is 24.5 Å². The third-order valence-corrected chi connectivity index (χ3v) is 5.39. The number of carbonyl (C=O) groups excluding carboxylic acids is 1. The lowest BCUT2D eigenvalue weighted by atomic mass is 9.99. The number of thioether (sulfide) groups is 1. The molecule has 136 valence electrons. The van der Waals surface area contributed by atoms with Crippen molar-refractivity contribution >= 4 is 45.5 Å². The Balaban J connectivity index is 1.75. The van der Waals surface area contributed by atoms with Crippen LogP contribution < -0.4 is 14.8 Å². The van der Waals surface area contributed by atoms with E-state index in [2.05, 4.69) is 12.2 Å². The first-order valence-electron chi connectivity index (χ1n) is 8.65. The van der Waals surface area contributed by atoms with E-state index in [-0.39, 0.29) is 5.91 Å². The van der Waals surface area contributed by atoms with Gasteiger partial charge in [0, 0.05) is 16.7 Å². The molecule has 2 aliphatic heterocycles. The fourth-order valence-electron chi connectivity index (χ4n) is 2.89. The molecule has 0 unspecified atom stereocenters. The molecule has 0 aliphatic carbocycles. The van der Waals surface area contributed by atoms with Gasteiger partial charge in [-0.3, -0.25) is 4.79 Å². The van der Waals surface area contributed by atoms with E-state index >= 15 is 0 Å². The number of thiocarbonyl (C=S) groups is 1. The third kappa shape index (κ3) is 3.63. The topological polar surface area (TPSA) is 47.6 Å². The van der Waals surface area contributed by atoms with Crippen molar-refractivity contribution in [2.75, 3.05) is 6.61 Å². The summed E-state index contributed by atoms with van der Waals surface area (Å²) in [4.78, 5) is 12.9. The first kappa shape index (κ1) is 17.8. The van der Waals surface area contributed by atoms with E-state index in [4.69, 9.17) is 21.7 Å². The molecule has 0 spiro atoms. The standard InChI is InChI=1S/C21H17NO3S2/c1-2-11-24-14-9-7-13(8-10-14)18-12-16(19-20(23)22-21(26)27-19)15-5-3-4-6-17(15)25-18/h3-10,12H,2,11H2,1H3,(H,22,23,26). The first-order valence-corrected chi connectivity index (χ1v) is 9.88. The lowest BCUT2D eigenvalue weighted by molar-refractivity contribution is -0.115. The Morgan fingerprint density at radius 3 is 2.63 bits per heavy atom. The monoisotopic (exact) mass is 395 g/mol. The third-order valence-electron chi connectivity index (χ3n) is 4.15. The quantitative estimate of drug-likeness (QED) is 0.597. The van der Waals surface area contributed by atoms with Crippen LogP contribution in [0.25, 0.3) is 11.3 Å². The second-order valence-electron chi connectivity index (χ2n) is 6.07. The highest BCUT2D eigenvalue weighted by atomic mass is 32.2. The number of fused-ring (bicyclic) bond motifs is 1. The van der Waals surface area contributed by atoms with E-state index in [9.17, 15) is 4.79 Å². The van der Waals surface area contributed by atoms with Crippen molar-refractivity contribution in [2.24, 2.45) is 0 Å². The van der Waals surface area contributed by atoms with Crippen molar-refractivity contribution < 1.29 is 14.3 Å². The Hall–Kier alpha value is -2.57. The molecule has 0 saturated carbocycles. The summed E-state index contributed by atoms with van der Waals surface area (Å²) in [6, 6.07) is 15.5. The highest BCUT2D eigenvalue weighted by Crippen LogP contribution is 2.42. The number of hydrogen-bond acceptors (Lipinski definition) is 5. The summed E-state index contributed by atoms with van der Waals surface area (Å²) < 4.78 is 12.2. The molecule has 1 fully saturated rings. The van der Waals surface area contributed by atoms with E-state index in [0.29, 0.717) is 21.6 Å². The van der Waals surface area contributed by atoms with Gasteiger partial charge in [0.05, 0.1) is 11.5 Å².